The Morgan fingerprint density at radius 2 is 2.19 bits per heavy atom. The highest BCUT2D eigenvalue weighted by molar-refractivity contribution is 5.65. The van der Waals surface area contributed by atoms with Crippen LogP contribution in [0.15, 0.2) is 36.8 Å². The van der Waals surface area contributed by atoms with Crippen molar-refractivity contribution in [1.29, 1.82) is 0 Å². The van der Waals surface area contributed by atoms with Crippen molar-refractivity contribution in [3.63, 3.8) is 0 Å². The summed E-state index contributed by atoms with van der Waals surface area (Å²) >= 11 is 0. The number of piperidine rings is 1. The number of amides is 1. The summed E-state index contributed by atoms with van der Waals surface area (Å²) in [6.07, 6.45) is 6.33. The molecule has 0 aliphatic carbocycles. The Balaban J connectivity index is 1.61. The number of likely N-dealkylation sites (tertiary alicyclic amines) is 1. The molecule has 1 aliphatic heterocycles. The number of carboxylic acid groups (broad SMARTS) is 1. The van der Waals surface area contributed by atoms with Crippen molar-refractivity contribution in [2.24, 2.45) is 0 Å². The summed E-state index contributed by atoms with van der Waals surface area (Å²) in [5.74, 6) is 0.686. The molecule has 1 amide bonds. The first kappa shape index (κ1) is 16.3. The molecule has 0 aromatic carbocycles. The van der Waals surface area contributed by atoms with Crippen LogP contribution in [0, 0.1) is 6.92 Å². The third-order valence-corrected chi connectivity index (χ3v) is 4.67. The normalized spacial score (nSPS) is 17.4. The Morgan fingerprint density at radius 1 is 1.31 bits per heavy atom. The molecular weight excluding hydrogens is 332 g/mol. The number of carbonyl (C=O) groups is 1. The second-order valence-electron chi connectivity index (χ2n) is 6.47. The quantitative estimate of drug-likeness (QED) is 0.752. The molecule has 1 saturated heterocycles. The number of hydrogen-bond acceptors (Lipinski definition) is 5. The van der Waals surface area contributed by atoms with Crippen LogP contribution in [0.25, 0.3) is 17.0 Å². The lowest BCUT2D eigenvalue weighted by molar-refractivity contribution is 0.133. The first-order valence-corrected chi connectivity index (χ1v) is 8.62. The van der Waals surface area contributed by atoms with E-state index in [1.165, 1.54) is 4.90 Å². The smallest absolute Gasteiger partial charge is 0.407 e. The fraction of sp³-hybridized carbons (Fsp3) is 0.333. The van der Waals surface area contributed by atoms with E-state index in [4.69, 9.17) is 4.98 Å². The van der Waals surface area contributed by atoms with Crippen molar-refractivity contribution in [3.8, 4) is 11.4 Å². The van der Waals surface area contributed by atoms with E-state index >= 15 is 0 Å². The number of aromatic nitrogens is 4. The fourth-order valence-corrected chi connectivity index (χ4v) is 3.29. The summed E-state index contributed by atoms with van der Waals surface area (Å²) in [4.78, 5) is 26.2. The van der Waals surface area contributed by atoms with E-state index in [0.29, 0.717) is 18.9 Å². The van der Waals surface area contributed by atoms with Gasteiger partial charge in [0.2, 0.25) is 0 Å². The third kappa shape index (κ3) is 3.05. The van der Waals surface area contributed by atoms with Gasteiger partial charge in [0.1, 0.15) is 17.2 Å². The maximum Gasteiger partial charge on any atom is 0.407 e. The first-order chi connectivity index (χ1) is 12.6. The summed E-state index contributed by atoms with van der Waals surface area (Å²) in [6.45, 7) is 2.93. The van der Waals surface area contributed by atoms with Crippen LogP contribution in [0.3, 0.4) is 0 Å². The van der Waals surface area contributed by atoms with Gasteiger partial charge in [-0.3, -0.25) is 9.38 Å². The number of anilines is 1. The lowest BCUT2D eigenvalue weighted by atomic mass is 10.1. The number of hydrogen-bond donors (Lipinski definition) is 2. The summed E-state index contributed by atoms with van der Waals surface area (Å²) in [6, 6.07) is 5.86. The largest absolute Gasteiger partial charge is 0.465 e. The molecule has 0 unspecified atom stereocenters. The van der Waals surface area contributed by atoms with E-state index in [9.17, 15) is 9.90 Å². The van der Waals surface area contributed by atoms with Crippen LogP contribution in [-0.2, 0) is 0 Å². The molecule has 8 heteroatoms. The van der Waals surface area contributed by atoms with Crippen LogP contribution in [0.2, 0.25) is 0 Å². The van der Waals surface area contributed by atoms with Crippen molar-refractivity contribution in [1.82, 2.24) is 24.3 Å². The molecule has 1 aliphatic rings. The highest BCUT2D eigenvalue weighted by atomic mass is 16.4. The minimum Gasteiger partial charge on any atom is -0.465 e. The van der Waals surface area contributed by atoms with E-state index in [-0.39, 0.29) is 6.04 Å². The molecular formula is C18H20N6O2. The summed E-state index contributed by atoms with van der Waals surface area (Å²) in [7, 11) is 0. The minimum atomic E-state index is -0.876. The maximum absolute atomic E-state index is 11.2. The van der Waals surface area contributed by atoms with Crippen LogP contribution in [0.1, 0.15) is 18.5 Å². The molecule has 0 saturated carbocycles. The van der Waals surface area contributed by atoms with Gasteiger partial charge in [-0.05, 0) is 31.9 Å². The highest BCUT2D eigenvalue weighted by Crippen LogP contribution is 2.22. The Labute approximate surface area is 150 Å². The van der Waals surface area contributed by atoms with Crippen LogP contribution in [-0.4, -0.2) is 54.6 Å². The van der Waals surface area contributed by atoms with Gasteiger partial charge < -0.3 is 15.3 Å². The van der Waals surface area contributed by atoms with Crippen molar-refractivity contribution in [3.05, 3.63) is 42.5 Å². The van der Waals surface area contributed by atoms with E-state index < -0.39 is 6.09 Å². The number of nitrogens with zero attached hydrogens (tertiary/aromatic N) is 5. The lowest BCUT2D eigenvalue weighted by Crippen LogP contribution is -2.44. The van der Waals surface area contributed by atoms with E-state index in [0.717, 1.165) is 35.6 Å². The Hall–Kier alpha value is -3.16. The number of rotatable bonds is 3. The SMILES string of the molecule is Cc1ncc(-c2cnc3ccccn23)nc1N[C@@H]1CCCN(C(=O)O)C1. The molecule has 3 aromatic rings. The van der Waals surface area contributed by atoms with Crippen LogP contribution < -0.4 is 5.32 Å². The van der Waals surface area contributed by atoms with Crippen LogP contribution >= 0.6 is 0 Å². The standard InChI is InChI=1S/C18H20N6O2/c1-12-17(21-13-5-4-7-23(11-13)18(25)26)22-14(9-19-12)15-10-20-16-6-2-3-8-24(15)16/h2-3,6,8-10,13H,4-5,7,11H2,1H3,(H,21,22)(H,25,26)/t13-/m1/s1. The molecule has 8 nitrogen and oxygen atoms in total. The Bertz CT molecular complexity index is 954. The van der Waals surface area contributed by atoms with E-state index in [1.807, 2.05) is 35.7 Å². The van der Waals surface area contributed by atoms with Gasteiger partial charge in [-0.25, -0.2) is 14.8 Å². The van der Waals surface area contributed by atoms with Gasteiger partial charge in [0, 0.05) is 25.3 Å². The molecule has 3 aromatic heterocycles. The van der Waals surface area contributed by atoms with Gasteiger partial charge in [0.15, 0.2) is 0 Å². The topological polar surface area (TPSA) is 95.7 Å². The van der Waals surface area contributed by atoms with Crippen molar-refractivity contribution >= 4 is 17.6 Å². The summed E-state index contributed by atoms with van der Waals surface area (Å²) in [5, 5.41) is 12.6. The van der Waals surface area contributed by atoms with Gasteiger partial charge in [0.25, 0.3) is 0 Å². The molecule has 26 heavy (non-hydrogen) atoms. The van der Waals surface area contributed by atoms with Crippen molar-refractivity contribution in [2.45, 2.75) is 25.8 Å². The zero-order valence-electron chi connectivity index (χ0n) is 14.5. The van der Waals surface area contributed by atoms with Crippen LogP contribution in [0.5, 0.6) is 0 Å². The van der Waals surface area contributed by atoms with Gasteiger partial charge in [0.05, 0.1) is 23.8 Å². The van der Waals surface area contributed by atoms with Gasteiger partial charge in [-0.2, -0.15) is 0 Å². The number of pyridine rings is 1. The summed E-state index contributed by atoms with van der Waals surface area (Å²) in [5.41, 5.74) is 3.23. The molecule has 1 atom stereocenters. The summed E-state index contributed by atoms with van der Waals surface area (Å²) < 4.78 is 1.97. The zero-order valence-corrected chi connectivity index (χ0v) is 14.5. The highest BCUT2D eigenvalue weighted by Gasteiger charge is 2.24. The van der Waals surface area contributed by atoms with Crippen molar-refractivity contribution < 1.29 is 9.90 Å². The minimum absolute atomic E-state index is 0.0327. The lowest BCUT2D eigenvalue weighted by Gasteiger charge is -2.31. The molecule has 1 fully saturated rings. The predicted octanol–water partition coefficient (Wildman–Crippen LogP) is 2.65. The molecule has 4 heterocycles. The molecule has 134 valence electrons. The Morgan fingerprint density at radius 3 is 3.04 bits per heavy atom. The molecule has 0 spiro atoms. The molecule has 0 bridgehead atoms. The van der Waals surface area contributed by atoms with Gasteiger partial charge >= 0.3 is 6.09 Å². The number of imidazole rings is 1. The Kier molecular flexibility index (Phi) is 4.16. The second-order valence-corrected chi connectivity index (χ2v) is 6.47. The van der Waals surface area contributed by atoms with E-state index in [2.05, 4.69) is 15.3 Å². The van der Waals surface area contributed by atoms with E-state index in [1.54, 1.807) is 12.4 Å². The fourth-order valence-electron chi connectivity index (χ4n) is 3.29. The third-order valence-electron chi connectivity index (χ3n) is 4.67. The number of fused-ring (bicyclic) bond motifs is 1. The molecule has 2 N–H and O–H groups in total. The number of nitrogens with one attached hydrogen (secondary N) is 1. The van der Waals surface area contributed by atoms with Crippen LogP contribution in [0.4, 0.5) is 10.6 Å². The molecule has 0 radical (unpaired) electrons. The first-order valence-electron chi connectivity index (χ1n) is 8.62. The average molecular weight is 352 g/mol. The molecule has 4 rings (SSSR count). The zero-order chi connectivity index (χ0) is 18.1. The number of aryl methyl sites for hydroxylation is 1. The second kappa shape index (κ2) is 6.62. The monoisotopic (exact) mass is 352 g/mol. The van der Waals surface area contributed by atoms with Gasteiger partial charge in [-0.15, -0.1) is 0 Å². The van der Waals surface area contributed by atoms with Gasteiger partial charge in [-0.1, -0.05) is 6.07 Å². The maximum atomic E-state index is 11.2. The average Bonchev–Trinajstić information content (AvgIpc) is 3.08. The predicted molar refractivity (Wildman–Crippen MR) is 97.2 cm³/mol. The van der Waals surface area contributed by atoms with Crippen molar-refractivity contribution in [2.75, 3.05) is 18.4 Å².